The van der Waals surface area contributed by atoms with Crippen molar-refractivity contribution in [2.24, 2.45) is 0 Å². The number of aliphatic hydroxyl groups is 1. The molecule has 0 saturated heterocycles. The van der Waals surface area contributed by atoms with Crippen LogP contribution in [0.4, 0.5) is 0 Å². The Kier molecular flexibility index (Phi) is 6.68. The first-order valence-electron chi connectivity index (χ1n) is 6.43. The van der Waals surface area contributed by atoms with Crippen molar-refractivity contribution < 1.29 is 14.6 Å². The van der Waals surface area contributed by atoms with Gasteiger partial charge in [-0.1, -0.05) is 19.1 Å². The number of amides is 1. The highest BCUT2D eigenvalue weighted by Crippen LogP contribution is 2.13. The van der Waals surface area contributed by atoms with Crippen LogP contribution in [-0.4, -0.2) is 30.8 Å². The molecule has 0 aliphatic heterocycles. The average Bonchev–Trinajstić information content (AvgIpc) is 2.45. The number of rotatable bonds is 7. The Labute approximate surface area is 114 Å². The van der Waals surface area contributed by atoms with E-state index in [1.165, 1.54) is 6.08 Å². The van der Waals surface area contributed by atoms with E-state index < -0.39 is 0 Å². The van der Waals surface area contributed by atoms with Crippen LogP contribution in [0.2, 0.25) is 0 Å². The highest BCUT2D eigenvalue weighted by molar-refractivity contribution is 5.91. The van der Waals surface area contributed by atoms with Gasteiger partial charge in [-0.2, -0.15) is 0 Å². The fourth-order valence-corrected chi connectivity index (χ4v) is 1.70. The first-order valence-corrected chi connectivity index (χ1v) is 6.43. The Morgan fingerprint density at radius 1 is 1.53 bits per heavy atom. The maximum Gasteiger partial charge on any atom is 0.244 e. The lowest BCUT2D eigenvalue weighted by atomic mass is 10.1. The van der Waals surface area contributed by atoms with Crippen molar-refractivity contribution in [2.75, 3.05) is 13.7 Å². The molecule has 1 aromatic carbocycles. The van der Waals surface area contributed by atoms with Gasteiger partial charge in [0.1, 0.15) is 5.75 Å². The molecule has 0 fully saturated rings. The summed E-state index contributed by atoms with van der Waals surface area (Å²) in [6.45, 7) is 2.06. The van der Waals surface area contributed by atoms with Crippen molar-refractivity contribution in [1.82, 2.24) is 5.32 Å². The molecule has 19 heavy (non-hydrogen) atoms. The summed E-state index contributed by atoms with van der Waals surface area (Å²) in [5, 5.41) is 11.7. The lowest BCUT2D eigenvalue weighted by Gasteiger charge is -2.13. The van der Waals surface area contributed by atoms with Gasteiger partial charge >= 0.3 is 0 Å². The fraction of sp³-hybridized carbons (Fsp3) is 0.400. The molecular weight excluding hydrogens is 242 g/mol. The zero-order valence-electron chi connectivity index (χ0n) is 11.4. The second-order valence-electron chi connectivity index (χ2n) is 4.24. The topological polar surface area (TPSA) is 58.6 Å². The quantitative estimate of drug-likeness (QED) is 0.740. The lowest BCUT2D eigenvalue weighted by Crippen LogP contribution is -2.33. The van der Waals surface area contributed by atoms with Crippen molar-refractivity contribution in [3.8, 4) is 5.75 Å². The van der Waals surface area contributed by atoms with E-state index in [4.69, 9.17) is 9.84 Å². The number of carbonyl (C=O) groups is 1. The molecule has 1 amide bonds. The number of ether oxygens (including phenoxy) is 1. The van der Waals surface area contributed by atoms with Gasteiger partial charge in [0.25, 0.3) is 0 Å². The molecule has 104 valence electrons. The fourth-order valence-electron chi connectivity index (χ4n) is 1.70. The van der Waals surface area contributed by atoms with Gasteiger partial charge in [0.05, 0.1) is 7.11 Å². The minimum absolute atomic E-state index is 0.0208. The molecule has 1 rings (SSSR count). The Hall–Kier alpha value is -1.81. The molecule has 1 unspecified atom stereocenters. The van der Waals surface area contributed by atoms with E-state index in [0.717, 1.165) is 17.7 Å². The zero-order chi connectivity index (χ0) is 14.1. The summed E-state index contributed by atoms with van der Waals surface area (Å²) in [5.41, 5.74) is 0.907. The number of carbonyl (C=O) groups excluding carboxylic acids is 1. The number of methoxy groups -OCH3 is 1. The predicted octanol–water partition coefficient (Wildman–Crippen LogP) is 1.99. The van der Waals surface area contributed by atoms with Crippen LogP contribution >= 0.6 is 0 Å². The summed E-state index contributed by atoms with van der Waals surface area (Å²) in [6, 6.07) is 7.50. The molecule has 1 atom stereocenters. The van der Waals surface area contributed by atoms with Crippen LogP contribution in [0.5, 0.6) is 5.75 Å². The van der Waals surface area contributed by atoms with E-state index in [1.54, 1.807) is 13.2 Å². The smallest absolute Gasteiger partial charge is 0.244 e. The summed E-state index contributed by atoms with van der Waals surface area (Å²) >= 11 is 0. The van der Waals surface area contributed by atoms with Crippen molar-refractivity contribution in [2.45, 2.75) is 25.8 Å². The van der Waals surface area contributed by atoms with Gasteiger partial charge in [-0.05, 0) is 36.6 Å². The van der Waals surface area contributed by atoms with E-state index in [1.807, 2.05) is 31.2 Å². The predicted molar refractivity (Wildman–Crippen MR) is 76.0 cm³/mol. The molecule has 0 aliphatic carbocycles. The molecular formula is C15H21NO3. The number of aliphatic hydroxyl groups excluding tert-OH is 1. The van der Waals surface area contributed by atoms with Crippen LogP contribution in [0, 0.1) is 0 Å². The van der Waals surface area contributed by atoms with Crippen LogP contribution in [-0.2, 0) is 4.79 Å². The largest absolute Gasteiger partial charge is 0.497 e. The van der Waals surface area contributed by atoms with Gasteiger partial charge in [0.2, 0.25) is 5.91 Å². The number of hydrogen-bond donors (Lipinski definition) is 2. The molecule has 0 saturated carbocycles. The van der Waals surface area contributed by atoms with Crippen LogP contribution in [0.1, 0.15) is 25.3 Å². The molecule has 2 N–H and O–H groups in total. The van der Waals surface area contributed by atoms with Crippen molar-refractivity contribution in [3.05, 3.63) is 35.9 Å². The average molecular weight is 263 g/mol. The monoisotopic (exact) mass is 263 g/mol. The molecule has 4 heteroatoms. The van der Waals surface area contributed by atoms with E-state index in [0.29, 0.717) is 6.42 Å². The van der Waals surface area contributed by atoms with E-state index in [2.05, 4.69) is 5.32 Å². The zero-order valence-corrected chi connectivity index (χ0v) is 11.4. The summed E-state index contributed by atoms with van der Waals surface area (Å²) in [4.78, 5) is 11.7. The second kappa shape index (κ2) is 8.32. The summed E-state index contributed by atoms with van der Waals surface area (Å²) < 4.78 is 5.11. The van der Waals surface area contributed by atoms with E-state index >= 15 is 0 Å². The maximum atomic E-state index is 11.7. The maximum absolute atomic E-state index is 11.7. The Morgan fingerprint density at radius 3 is 2.95 bits per heavy atom. The molecule has 4 nitrogen and oxygen atoms in total. The first kappa shape index (κ1) is 15.2. The van der Waals surface area contributed by atoms with Gasteiger partial charge in [-0.15, -0.1) is 0 Å². The standard InChI is InChI=1S/C15H21NO3/c1-3-13(9-10-17)16-15(18)8-7-12-5-4-6-14(11-12)19-2/h4-8,11,13,17H,3,9-10H2,1-2H3,(H,16,18)/b8-7+. The molecule has 1 aromatic rings. The summed E-state index contributed by atoms with van der Waals surface area (Å²) in [5.74, 6) is 0.609. The molecule has 0 aromatic heterocycles. The Balaban J connectivity index is 2.57. The Bertz CT molecular complexity index is 429. The van der Waals surface area contributed by atoms with E-state index in [9.17, 15) is 4.79 Å². The molecule has 0 aliphatic rings. The van der Waals surface area contributed by atoms with Gasteiger partial charge in [0.15, 0.2) is 0 Å². The van der Waals surface area contributed by atoms with Crippen LogP contribution in [0.3, 0.4) is 0 Å². The van der Waals surface area contributed by atoms with Crippen molar-refractivity contribution in [1.29, 1.82) is 0 Å². The first-order chi connectivity index (χ1) is 9.19. The van der Waals surface area contributed by atoms with Crippen molar-refractivity contribution in [3.63, 3.8) is 0 Å². The van der Waals surface area contributed by atoms with Crippen LogP contribution in [0.15, 0.2) is 30.3 Å². The number of hydrogen-bond acceptors (Lipinski definition) is 3. The highest BCUT2D eigenvalue weighted by atomic mass is 16.5. The van der Waals surface area contributed by atoms with Gasteiger partial charge < -0.3 is 15.2 Å². The van der Waals surface area contributed by atoms with Crippen LogP contribution < -0.4 is 10.1 Å². The van der Waals surface area contributed by atoms with Gasteiger partial charge in [-0.3, -0.25) is 4.79 Å². The minimum atomic E-state index is -0.150. The van der Waals surface area contributed by atoms with Gasteiger partial charge in [0, 0.05) is 18.7 Å². The molecule has 0 bridgehead atoms. The van der Waals surface area contributed by atoms with Gasteiger partial charge in [-0.25, -0.2) is 0 Å². The summed E-state index contributed by atoms with van der Waals surface area (Å²) in [6.07, 6.45) is 4.62. The SMILES string of the molecule is CCC(CCO)NC(=O)/C=C/c1cccc(OC)c1. The third kappa shape index (κ3) is 5.57. The lowest BCUT2D eigenvalue weighted by molar-refractivity contribution is -0.117. The second-order valence-corrected chi connectivity index (χ2v) is 4.24. The minimum Gasteiger partial charge on any atom is -0.497 e. The highest BCUT2D eigenvalue weighted by Gasteiger charge is 2.06. The summed E-state index contributed by atoms with van der Waals surface area (Å²) in [7, 11) is 1.61. The molecule has 0 radical (unpaired) electrons. The van der Waals surface area contributed by atoms with Crippen molar-refractivity contribution >= 4 is 12.0 Å². The molecule has 0 heterocycles. The molecule has 0 spiro atoms. The number of nitrogens with one attached hydrogen (secondary N) is 1. The Morgan fingerprint density at radius 2 is 2.32 bits per heavy atom. The third-order valence-corrected chi connectivity index (χ3v) is 2.84. The number of benzene rings is 1. The van der Waals surface area contributed by atoms with E-state index in [-0.39, 0.29) is 18.6 Å². The third-order valence-electron chi connectivity index (χ3n) is 2.84. The normalized spacial score (nSPS) is 12.4. The van der Waals surface area contributed by atoms with Crippen LogP contribution in [0.25, 0.3) is 6.08 Å².